The summed E-state index contributed by atoms with van der Waals surface area (Å²) in [5.41, 5.74) is 11.3. The molecule has 3 heterocycles. The molecule has 6 nitrogen and oxygen atoms in total. The van der Waals surface area contributed by atoms with E-state index in [-0.39, 0.29) is 0 Å². The molecule has 0 aliphatic rings. The Morgan fingerprint density at radius 1 is 0.356 bits per heavy atom. The fraction of sp³-hybridized carbons (Fsp3) is 0. The van der Waals surface area contributed by atoms with Gasteiger partial charge in [-0.3, -0.25) is 0 Å². The molecule has 0 saturated carbocycles. The second-order valence-corrected chi connectivity index (χ2v) is 14.7. The second-order valence-electron chi connectivity index (χ2n) is 14.7. The number of oxazole rings is 1. The molecule has 0 saturated heterocycles. The maximum Gasteiger partial charge on any atom is 0.228 e. The van der Waals surface area contributed by atoms with E-state index < -0.39 is 0 Å². The molecular weight excluding hydrogens is 727 g/mol. The van der Waals surface area contributed by atoms with Gasteiger partial charge in [0, 0.05) is 49.6 Å². The summed E-state index contributed by atoms with van der Waals surface area (Å²) in [6, 6.07) is 69.1. The minimum absolute atomic E-state index is 0.513. The van der Waals surface area contributed by atoms with E-state index in [1.165, 1.54) is 0 Å². The molecule has 0 fully saturated rings. The van der Waals surface area contributed by atoms with Crippen molar-refractivity contribution in [1.29, 1.82) is 0 Å². The third-order valence-corrected chi connectivity index (χ3v) is 11.2. The topological polar surface area (TPSA) is 58.8 Å². The van der Waals surface area contributed by atoms with Crippen molar-refractivity contribution in [2.45, 2.75) is 0 Å². The zero-order chi connectivity index (χ0) is 38.9. The number of fused-ring (bicyclic) bond motifs is 8. The summed E-state index contributed by atoms with van der Waals surface area (Å²) in [5.74, 6) is 0.513. The lowest BCUT2D eigenvalue weighted by Crippen LogP contribution is -2.14. The number of rotatable bonds is 7. The Balaban J connectivity index is 1.17. The Kier molecular flexibility index (Phi) is 7.43. The molecular formula is C53H33N3O3. The third-order valence-electron chi connectivity index (χ3n) is 11.2. The van der Waals surface area contributed by atoms with Crippen LogP contribution in [0.2, 0.25) is 0 Å². The zero-order valence-electron chi connectivity index (χ0n) is 31.6. The number of benzene rings is 9. The number of anilines is 6. The highest BCUT2D eigenvalue weighted by Gasteiger charge is 2.26. The molecule has 0 radical (unpaired) electrons. The molecule has 0 aliphatic heterocycles. The molecule has 12 rings (SSSR count). The van der Waals surface area contributed by atoms with Crippen molar-refractivity contribution < 1.29 is 13.3 Å². The third kappa shape index (κ3) is 5.38. The van der Waals surface area contributed by atoms with Gasteiger partial charge in [0.05, 0.1) is 17.1 Å². The lowest BCUT2D eigenvalue weighted by molar-refractivity contribution is 0.620. The minimum atomic E-state index is 0.513. The van der Waals surface area contributed by atoms with Crippen LogP contribution < -0.4 is 9.80 Å². The molecule has 6 heteroatoms. The van der Waals surface area contributed by atoms with Crippen LogP contribution in [0.1, 0.15) is 0 Å². The summed E-state index contributed by atoms with van der Waals surface area (Å²) in [6.07, 6.45) is 0. The molecule has 0 bridgehead atoms. The predicted octanol–water partition coefficient (Wildman–Crippen LogP) is 15.4. The number of furan rings is 2. The SMILES string of the molecule is c1ccc(N(c2cc(N(c3ccccc3)c3cccc4ccccc34)c3oc(-c4cccc5oc6ccccc6c45)nc3c2)c2ccc3oc4ccccc4c3c2)cc1. The van der Waals surface area contributed by atoms with Crippen molar-refractivity contribution in [3.63, 3.8) is 0 Å². The Labute approximate surface area is 338 Å². The highest BCUT2D eigenvalue weighted by Crippen LogP contribution is 2.48. The van der Waals surface area contributed by atoms with Gasteiger partial charge >= 0.3 is 0 Å². The maximum atomic E-state index is 7.06. The molecule has 3 aromatic heterocycles. The summed E-state index contributed by atoms with van der Waals surface area (Å²) < 4.78 is 19.7. The Morgan fingerprint density at radius 2 is 0.966 bits per heavy atom. The van der Waals surface area contributed by atoms with E-state index in [9.17, 15) is 0 Å². The van der Waals surface area contributed by atoms with Gasteiger partial charge in [-0.2, -0.15) is 0 Å². The number of para-hydroxylation sites is 4. The van der Waals surface area contributed by atoms with Gasteiger partial charge in [-0.1, -0.05) is 115 Å². The van der Waals surface area contributed by atoms with Gasteiger partial charge in [0.15, 0.2) is 5.58 Å². The first kappa shape index (κ1) is 33.1. The molecule has 9 aromatic carbocycles. The average molecular weight is 760 g/mol. The molecule has 12 aromatic rings. The van der Waals surface area contributed by atoms with Crippen LogP contribution in [0.5, 0.6) is 0 Å². The summed E-state index contributed by atoms with van der Waals surface area (Å²) in [4.78, 5) is 9.93. The highest BCUT2D eigenvalue weighted by molar-refractivity contribution is 6.13. The number of hydrogen-bond donors (Lipinski definition) is 0. The molecule has 0 N–H and O–H groups in total. The van der Waals surface area contributed by atoms with Gasteiger partial charge < -0.3 is 23.1 Å². The van der Waals surface area contributed by atoms with E-state index in [1.54, 1.807) is 0 Å². The van der Waals surface area contributed by atoms with Gasteiger partial charge in [0.1, 0.15) is 27.8 Å². The lowest BCUT2D eigenvalue weighted by atomic mass is 10.1. The van der Waals surface area contributed by atoms with Gasteiger partial charge in [-0.05, 0) is 90.3 Å². The summed E-state index contributed by atoms with van der Waals surface area (Å²) in [7, 11) is 0. The highest BCUT2D eigenvalue weighted by atomic mass is 16.4. The van der Waals surface area contributed by atoms with Gasteiger partial charge in [-0.15, -0.1) is 0 Å². The van der Waals surface area contributed by atoms with Crippen LogP contribution in [0.25, 0.3) is 77.2 Å². The van der Waals surface area contributed by atoms with Gasteiger partial charge in [-0.25, -0.2) is 4.98 Å². The number of hydrogen-bond acceptors (Lipinski definition) is 6. The van der Waals surface area contributed by atoms with Gasteiger partial charge in [0.2, 0.25) is 5.89 Å². The Bertz CT molecular complexity index is 3520. The van der Waals surface area contributed by atoms with Crippen LogP contribution in [0.4, 0.5) is 34.1 Å². The van der Waals surface area contributed by atoms with E-state index in [0.717, 1.165) is 94.3 Å². The largest absolute Gasteiger partial charge is 0.456 e. The van der Waals surface area contributed by atoms with E-state index in [4.69, 9.17) is 18.2 Å². The summed E-state index contributed by atoms with van der Waals surface area (Å²) >= 11 is 0. The quantitative estimate of drug-likeness (QED) is 0.161. The van der Waals surface area contributed by atoms with E-state index in [0.29, 0.717) is 17.0 Å². The van der Waals surface area contributed by atoms with Crippen LogP contribution in [0.3, 0.4) is 0 Å². The Morgan fingerprint density at radius 3 is 1.78 bits per heavy atom. The van der Waals surface area contributed by atoms with E-state index in [1.807, 2.05) is 54.6 Å². The second kappa shape index (κ2) is 13.3. The maximum absolute atomic E-state index is 7.06. The number of nitrogens with zero attached hydrogens (tertiary/aromatic N) is 3. The smallest absolute Gasteiger partial charge is 0.228 e. The molecule has 0 aliphatic carbocycles. The normalized spacial score (nSPS) is 11.7. The molecule has 0 unspecified atom stereocenters. The number of aromatic nitrogens is 1. The minimum Gasteiger partial charge on any atom is -0.456 e. The van der Waals surface area contributed by atoms with Crippen LogP contribution in [0.15, 0.2) is 213 Å². The first-order valence-corrected chi connectivity index (χ1v) is 19.7. The molecule has 0 spiro atoms. The van der Waals surface area contributed by atoms with Crippen molar-refractivity contribution in [3.05, 3.63) is 200 Å². The van der Waals surface area contributed by atoms with Crippen molar-refractivity contribution in [2.75, 3.05) is 9.80 Å². The summed E-state index contributed by atoms with van der Waals surface area (Å²) in [5, 5.41) is 6.36. The summed E-state index contributed by atoms with van der Waals surface area (Å²) in [6.45, 7) is 0. The predicted molar refractivity (Wildman–Crippen MR) is 241 cm³/mol. The molecule has 0 amide bonds. The fourth-order valence-electron chi connectivity index (χ4n) is 8.63. The van der Waals surface area contributed by atoms with Crippen molar-refractivity contribution in [2.24, 2.45) is 0 Å². The zero-order valence-corrected chi connectivity index (χ0v) is 31.6. The van der Waals surface area contributed by atoms with E-state index in [2.05, 4.69) is 155 Å². The molecule has 0 atom stereocenters. The monoisotopic (exact) mass is 759 g/mol. The van der Waals surface area contributed by atoms with Crippen LogP contribution in [-0.4, -0.2) is 4.98 Å². The Hall–Kier alpha value is -8.09. The molecule has 59 heavy (non-hydrogen) atoms. The van der Waals surface area contributed by atoms with Crippen LogP contribution in [0, 0.1) is 0 Å². The van der Waals surface area contributed by atoms with Crippen molar-refractivity contribution in [1.82, 2.24) is 4.98 Å². The first-order valence-electron chi connectivity index (χ1n) is 19.7. The average Bonchev–Trinajstić information content (AvgIpc) is 4.01. The molecule has 278 valence electrons. The lowest BCUT2D eigenvalue weighted by Gasteiger charge is -2.30. The van der Waals surface area contributed by atoms with Crippen LogP contribution >= 0.6 is 0 Å². The van der Waals surface area contributed by atoms with Crippen LogP contribution in [-0.2, 0) is 0 Å². The van der Waals surface area contributed by atoms with Crippen molar-refractivity contribution >= 4 is 99.9 Å². The standard InChI is InChI=1S/C53H33N3O3/c1-3-17-35(18-4-1)55(37-29-30-49-43(31-37)40-22-9-11-26-47(40)57-49)38-32-44-52(59-53(54-44)42-24-14-28-50-51(42)41-23-10-12-27-48(41)58-50)46(33-38)56(36-19-5-2-6-20-36)45-25-13-16-34-15-7-8-21-39(34)45/h1-33H. The van der Waals surface area contributed by atoms with E-state index >= 15 is 0 Å². The van der Waals surface area contributed by atoms with Gasteiger partial charge in [0.25, 0.3) is 0 Å². The first-order chi connectivity index (χ1) is 29.2. The fourth-order valence-corrected chi connectivity index (χ4v) is 8.63. The van der Waals surface area contributed by atoms with Crippen molar-refractivity contribution in [3.8, 4) is 11.5 Å².